The first-order valence-electron chi connectivity index (χ1n) is 7.35. The van der Waals surface area contributed by atoms with Crippen LogP contribution in [-0.4, -0.2) is 45.9 Å². The fourth-order valence-electron chi connectivity index (χ4n) is 2.63. The van der Waals surface area contributed by atoms with Crippen molar-refractivity contribution < 1.29 is 14.6 Å². The molecule has 21 heavy (non-hydrogen) atoms. The van der Waals surface area contributed by atoms with Crippen LogP contribution in [0.15, 0.2) is 18.3 Å². The monoisotopic (exact) mass is 292 g/mol. The maximum Gasteiger partial charge on any atom is 0.410 e. The van der Waals surface area contributed by atoms with E-state index in [4.69, 9.17) is 4.74 Å². The molecule has 2 rings (SSSR count). The molecular formula is C16H24N2O3. The summed E-state index contributed by atoms with van der Waals surface area (Å²) in [6.45, 7) is 8.47. The number of hydrogen-bond donors (Lipinski definition) is 1. The van der Waals surface area contributed by atoms with Crippen LogP contribution in [-0.2, 0) is 4.74 Å². The summed E-state index contributed by atoms with van der Waals surface area (Å²) in [4.78, 5) is 18.1. The van der Waals surface area contributed by atoms with Gasteiger partial charge in [0, 0.05) is 30.9 Å². The Morgan fingerprint density at radius 1 is 1.48 bits per heavy atom. The molecule has 1 amide bonds. The van der Waals surface area contributed by atoms with Gasteiger partial charge in [0.15, 0.2) is 0 Å². The third kappa shape index (κ3) is 3.94. The summed E-state index contributed by atoms with van der Waals surface area (Å²) in [5, 5.41) is 10.3. The molecule has 2 atom stereocenters. The third-order valence-corrected chi connectivity index (χ3v) is 3.68. The van der Waals surface area contributed by atoms with Crippen LogP contribution in [0.25, 0.3) is 0 Å². The molecule has 1 saturated heterocycles. The smallest absolute Gasteiger partial charge is 0.410 e. The largest absolute Gasteiger partial charge is 0.444 e. The molecule has 0 aromatic carbocycles. The fraction of sp³-hybridized carbons (Fsp3) is 0.625. The van der Waals surface area contributed by atoms with Crippen molar-refractivity contribution in [3.8, 4) is 0 Å². The predicted octanol–water partition coefficient (Wildman–Crippen LogP) is 2.48. The highest BCUT2D eigenvalue weighted by molar-refractivity contribution is 5.68. The highest BCUT2D eigenvalue weighted by Crippen LogP contribution is 2.29. The molecule has 0 radical (unpaired) electrons. The number of aliphatic hydroxyl groups excluding tert-OH is 1. The molecule has 0 saturated carbocycles. The Hall–Kier alpha value is -1.62. The van der Waals surface area contributed by atoms with Crippen molar-refractivity contribution >= 4 is 6.09 Å². The van der Waals surface area contributed by atoms with E-state index in [2.05, 4.69) is 4.98 Å². The molecule has 116 valence electrons. The van der Waals surface area contributed by atoms with E-state index in [-0.39, 0.29) is 12.0 Å². The highest BCUT2D eigenvalue weighted by Gasteiger charge is 2.34. The maximum atomic E-state index is 12.2. The van der Waals surface area contributed by atoms with Crippen molar-refractivity contribution in [1.29, 1.82) is 0 Å². The molecule has 0 spiro atoms. The zero-order valence-corrected chi connectivity index (χ0v) is 13.2. The second-order valence-electron chi connectivity index (χ2n) is 6.57. The molecule has 5 nitrogen and oxygen atoms in total. The first-order valence-corrected chi connectivity index (χ1v) is 7.35. The quantitative estimate of drug-likeness (QED) is 0.863. The molecule has 1 aliphatic heterocycles. The van der Waals surface area contributed by atoms with Gasteiger partial charge in [-0.25, -0.2) is 4.79 Å². The van der Waals surface area contributed by atoms with Gasteiger partial charge >= 0.3 is 6.09 Å². The van der Waals surface area contributed by atoms with Crippen molar-refractivity contribution in [1.82, 2.24) is 9.88 Å². The lowest BCUT2D eigenvalue weighted by Gasteiger charge is -2.37. The molecule has 0 aliphatic carbocycles. The zero-order chi connectivity index (χ0) is 15.6. The van der Waals surface area contributed by atoms with Gasteiger partial charge in [-0.1, -0.05) is 6.07 Å². The van der Waals surface area contributed by atoms with Crippen LogP contribution >= 0.6 is 0 Å². The van der Waals surface area contributed by atoms with Gasteiger partial charge < -0.3 is 14.7 Å². The normalized spacial score (nSPS) is 23.0. The topological polar surface area (TPSA) is 62.7 Å². The summed E-state index contributed by atoms with van der Waals surface area (Å²) in [7, 11) is 0. The van der Waals surface area contributed by atoms with Gasteiger partial charge in [0.1, 0.15) is 5.60 Å². The molecule has 0 bridgehead atoms. The van der Waals surface area contributed by atoms with Crippen molar-refractivity contribution in [2.24, 2.45) is 0 Å². The van der Waals surface area contributed by atoms with Gasteiger partial charge in [-0.15, -0.1) is 0 Å². The number of hydrogen-bond acceptors (Lipinski definition) is 4. The van der Waals surface area contributed by atoms with Crippen molar-refractivity contribution in [3.63, 3.8) is 0 Å². The minimum absolute atomic E-state index is 0.111. The Kier molecular flexibility index (Phi) is 4.52. The summed E-state index contributed by atoms with van der Waals surface area (Å²) in [6.07, 6.45) is 1.52. The van der Waals surface area contributed by atoms with Crippen LogP contribution < -0.4 is 0 Å². The van der Waals surface area contributed by atoms with Crippen LogP contribution in [0.5, 0.6) is 0 Å². The lowest BCUT2D eigenvalue weighted by atomic mass is 9.87. The standard InChI is InChI=1S/C16H24N2O3/c1-11-12(6-5-8-17-11)13-10-18(9-7-14(13)19)15(20)21-16(2,3)4/h5-6,8,13-14,19H,7,9-10H2,1-4H3/t13-,14+/m1/s1. The van der Waals surface area contributed by atoms with Gasteiger partial charge in [0.05, 0.1) is 6.10 Å². The molecule has 2 heterocycles. The molecule has 1 N–H and O–H groups in total. The molecule has 1 fully saturated rings. The van der Waals surface area contributed by atoms with E-state index in [9.17, 15) is 9.90 Å². The second kappa shape index (κ2) is 6.02. The summed E-state index contributed by atoms with van der Waals surface area (Å²) < 4.78 is 5.42. The zero-order valence-electron chi connectivity index (χ0n) is 13.2. The van der Waals surface area contributed by atoms with Crippen molar-refractivity contribution in [3.05, 3.63) is 29.6 Å². The summed E-state index contributed by atoms with van der Waals surface area (Å²) >= 11 is 0. The molecule has 5 heteroatoms. The fourth-order valence-corrected chi connectivity index (χ4v) is 2.63. The number of aromatic nitrogens is 1. The molecule has 0 unspecified atom stereocenters. The Balaban J connectivity index is 2.13. The number of amides is 1. The molecule has 1 aliphatic rings. The maximum absolute atomic E-state index is 12.2. The van der Waals surface area contributed by atoms with Crippen LogP contribution in [0.3, 0.4) is 0 Å². The van der Waals surface area contributed by atoms with E-state index in [0.717, 1.165) is 11.3 Å². The second-order valence-corrected chi connectivity index (χ2v) is 6.57. The average molecular weight is 292 g/mol. The van der Waals surface area contributed by atoms with E-state index in [1.165, 1.54) is 0 Å². The number of likely N-dealkylation sites (tertiary alicyclic amines) is 1. The van der Waals surface area contributed by atoms with E-state index in [1.54, 1.807) is 11.1 Å². The number of piperidine rings is 1. The lowest BCUT2D eigenvalue weighted by Crippen LogP contribution is -2.46. The number of ether oxygens (including phenoxy) is 1. The van der Waals surface area contributed by atoms with E-state index >= 15 is 0 Å². The molecule has 1 aromatic rings. The van der Waals surface area contributed by atoms with Crippen molar-refractivity contribution in [2.75, 3.05) is 13.1 Å². The number of carbonyl (C=O) groups is 1. The number of carbonyl (C=O) groups excluding carboxylic acids is 1. The summed E-state index contributed by atoms with van der Waals surface area (Å²) in [6, 6.07) is 3.83. The van der Waals surface area contributed by atoms with Gasteiger partial charge in [0.25, 0.3) is 0 Å². The lowest BCUT2D eigenvalue weighted by molar-refractivity contribution is 0.00396. The predicted molar refractivity (Wildman–Crippen MR) is 80.1 cm³/mol. The Morgan fingerprint density at radius 2 is 2.19 bits per heavy atom. The van der Waals surface area contributed by atoms with Gasteiger partial charge in [-0.2, -0.15) is 0 Å². The Bertz CT molecular complexity index is 510. The van der Waals surface area contributed by atoms with Crippen LogP contribution in [0.2, 0.25) is 0 Å². The SMILES string of the molecule is Cc1ncccc1[C@H]1CN(C(=O)OC(C)(C)C)CC[C@@H]1O. The van der Waals surface area contributed by atoms with Gasteiger partial charge in [0.2, 0.25) is 0 Å². The Morgan fingerprint density at radius 3 is 2.81 bits per heavy atom. The number of nitrogens with zero attached hydrogens (tertiary/aromatic N) is 2. The van der Waals surface area contributed by atoms with E-state index in [1.807, 2.05) is 39.8 Å². The average Bonchev–Trinajstić information content (AvgIpc) is 2.38. The highest BCUT2D eigenvalue weighted by atomic mass is 16.6. The minimum atomic E-state index is -0.507. The number of aliphatic hydroxyl groups is 1. The van der Waals surface area contributed by atoms with Crippen molar-refractivity contribution in [2.45, 2.75) is 51.7 Å². The van der Waals surface area contributed by atoms with Gasteiger partial charge in [-0.3, -0.25) is 4.98 Å². The van der Waals surface area contributed by atoms with Crippen LogP contribution in [0.1, 0.15) is 44.4 Å². The first kappa shape index (κ1) is 15.8. The minimum Gasteiger partial charge on any atom is -0.444 e. The molecule has 1 aromatic heterocycles. The van der Waals surface area contributed by atoms with Crippen LogP contribution in [0, 0.1) is 6.92 Å². The number of pyridine rings is 1. The molecular weight excluding hydrogens is 268 g/mol. The van der Waals surface area contributed by atoms with Gasteiger partial charge in [-0.05, 0) is 45.7 Å². The third-order valence-electron chi connectivity index (χ3n) is 3.68. The Labute approximate surface area is 125 Å². The number of aryl methyl sites for hydroxylation is 1. The summed E-state index contributed by atoms with van der Waals surface area (Å²) in [5.41, 5.74) is 1.39. The van der Waals surface area contributed by atoms with E-state index in [0.29, 0.717) is 19.5 Å². The summed E-state index contributed by atoms with van der Waals surface area (Å²) in [5.74, 6) is -0.111. The van der Waals surface area contributed by atoms with E-state index < -0.39 is 11.7 Å². The first-order chi connectivity index (χ1) is 9.78. The van der Waals surface area contributed by atoms with Crippen LogP contribution in [0.4, 0.5) is 4.79 Å². The number of rotatable bonds is 1.